The zero-order valence-electron chi connectivity index (χ0n) is 14.9. The van der Waals surface area contributed by atoms with Crippen LogP contribution in [0.4, 0.5) is 5.13 Å². The number of hydrogen-bond donors (Lipinski definition) is 0. The molecule has 1 aromatic carbocycles. The third-order valence-corrected chi connectivity index (χ3v) is 6.69. The van der Waals surface area contributed by atoms with E-state index >= 15 is 0 Å². The van der Waals surface area contributed by atoms with Crippen LogP contribution >= 0.6 is 22.7 Å². The molecule has 0 radical (unpaired) electrons. The highest BCUT2D eigenvalue weighted by Gasteiger charge is 2.27. The Kier molecular flexibility index (Phi) is 4.49. The van der Waals surface area contributed by atoms with Gasteiger partial charge in [-0.05, 0) is 34.0 Å². The molecule has 1 saturated heterocycles. The van der Waals surface area contributed by atoms with Crippen molar-refractivity contribution in [3.8, 4) is 0 Å². The molecular weight excluding hydrogens is 394 g/mol. The minimum atomic E-state index is -0.120. The van der Waals surface area contributed by atoms with Crippen molar-refractivity contribution in [2.24, 2.45) is 0 Å². The van der Waals surface area contributed by atoms with Gasteiger partial charge in [0.2, 0.25) is 5.82 Å². The highest BCUT2D eigenvalue weighted by Crippen LogP contribution is 2.29. The second kappa shape index (κ2) is 7.28. The number of nitrogens with zero attached hydrogens (tertiary/aromatic N) is 7. The Morgan fingerprint density at radius 2 is 1.93 bits per heavy atom. The number of anilines is 1. The lowest BCUT2D eigenvalue weighted by molar-refractivity contribution is 0.0728. The molecule has 10 heteroatoms. The van der Waals surface area contributed by atoms with Crippen LogP contribution in [-0.2, 0) is 6.54 Å². The molecule has 5 rings (SSSR count). The van der Waals surface area contributed by atoms with Gasteiger partial charge in [-0.15, -0.1) is 16.4 Å². The van der Waals surface area contributed by atoms with Crippen molar-refractivity contribution in [1.29, 1.82) is 0 Å². The number of hydrogen-bond acceptors (Lipinski definition) is 8. The summed E-state index contributed by atoms with van der Waals surface area (Å²) in [5, 5.41) is 14.7. The second-order valence-electron chi connectivity index (χ2n) is 6.48. The molecule has 1 amide bonds. The molecule has 1 aliphatic rings. The molecule has 0 atom stereocenters. The van der Waals surface area contributed by atoms with Crippen molar-refractivity contribution in [1.82, 2.24) is 30.1 Å². The highest BCUT2D eigenvalue weighted by molar-refractivity contribution is 7.22. The molecule has 142 valence electrons. The Morgan fingerprint density at radius 1 is 1.07 bits per heavy atom. The van der Waals surface area contributed by atoms with Gasteiger partial charge in [-0.1, -0.05) is 29.5 Å². The fourth-order valence-corrected chi connectivity index (χ4v) is 4.96. The maximum Gasteiger partial charge on any atom is 0.293 e. The van der Waals surface area contributed by atoms with Crippen LogP contribution in [0.1, 0.15) is 15.5 Å². The minimum absolute atomic E-state index is 0.120. The van der Waals surface area contributed by atoms with Crippen LogP contribution in [-0.4, -0.2) is 62.2 Å². The van der Waals surface area contributed by atoms with E-state index in [-0.39, 0.29) is 5.91 Å². The summed E-state index contributed by atoms with van der Waals surface area (Å²) in [4.78, 5) is 22.8. The molecule has 0 unspecified atom stereocenters. The normalized spacial score (nSPS) is 14.7. The summed E-state index contributed by atoms with van der Waals surface area (Å²) < 4.78 is 2.76. The van der Waals surface area contributed by atoms with Crippen LogP contribution in [0.3, 0.4) is 0 Å². The van der Waals surface area contributed by atoms with Gasteiger partial charge in [0, 0.05) is 31.1 Å². The minimum Gasteiger partial charge on any atom is -0.345 e. The van der Waals surface area contributed by atoms with Gasteiger partial charge in [-0.25, -0.2) is 9.67 Å². The largest absolute Gasteiger partial charge is 0.345 e. The topological polar surface area (TPSA) is 80.0 Å². The van der Waals surface area contributed by atoms with E-state index in [2.05, 4.69) is 26.5 Å². The molecular formula is C18H17N7OS2. The molecule has 4 aromatic rings. The number of carbonyl (C=O) groups is 1. The Hall–Kier alpha value is -2.85. The number of amides is 1. The Morgan fingerprint density at radius 3 is 2.71 bits per heavy atom. The Balaban J connectivity index is 1.27. The van der Waals surface area contributed by atoms with Gasteiger partial charge in [0.25, 0.3) is 5.91 Å². The summed E-state index contributed by atoms with van der Waals surface area (Å²) >= 11 is 3.31. The Bertz CT molecular complexity index is 1060. The number of thiophene rings is 1. The smallest absolute Gasteiger partial charge is 0.293 e. The SMILES string of the molecule is O=C(c1nnnn1Cc1cccs1)N1CCN(c2nc3ccccc3s2)CC1. The average molecular weight is 412 g/mol. The number of fused-ring (bicyclic) bond motifs is 1. The molecule has 1 aliphatic heterocycles. The van der Waals surface area contributed by atoms with Crippen LogP contribution in [0.2, 0.25) is 0 Å². The maximum absolute atomic E-state index is 12.9. The molecule has 0 aliphatic carbocycles. The second-order valence-corrected chi connectivity index (χ2v) is 8.52. The molecule has 0 spiro atoms. The number of piperazine rings is 1. The van der Waals surface area contributed by atoms with Crippen LogP contribution in [0, 0.1) is 0 Å². The fraction of sp³-hybridized carbons (Fsp3) is 0.278. The van der Waals surface area contributed by atoms with E-state index in [9.17, 15) is 4.79 Å². The van der Waals surface area contributed by atoms with Crippen LogP contribution < -0.4 is 4.90 Å². The number of rotatable bonds is 4. The molecule has 3 aromatic heterocycles. The van der Waals surface area contributed by atoms with Gasteiger partial charge < -0.3 is 9.80 Å². The summed E-state index contributed by atoms with van der Waals surface area (Å²) in [5.41, 5.74) is 1.02. The van der Waals surface area contributed by atoms with Gasteiger partial charge in [0.1, 0.15) is 0 Å². The molecule has 0 saturated carbocycles. The molecule has 1 fully saturated rings. The van der Waals surface area contributed by atoms with Gasteiger partial charge in [0.15, 0.2) is 5.13 Å². The number of para-hydroxylation sites is 1. The van der Waals surface area contributed by atoms with E-state index < -0.39 is 0 Å². The predicted molar refractivity (Wildman–Crippen MR) is 109 cm³/mol. The molecule has 0 bridgehead atoms. The zero-order chi connectivity index (χ0) is 18.9. The van der Waals surface area contributed by atoms with Crippen molar-refractivity contribution in [2.45, 2.75) is 6.54 Å². The van der Waals surface area contributed by atoms with Gasteiger partial charge >= 0.3 is 0 Å². The standard InChI is InChI=1S/C18H17N7OS2/c26-17(16-20-21-22-25(16)12-13-4-3-11-27-13)23-7-9-24(10-8-23)18-19-14-5-1-2-6-15(14)28-18/h1-6,11H,7-10,12H2. The summed E-state index contributed by atoms with van der Waals surface area (Å²) in [6.45, 7) is 3.26. The van der Waals surface area contributed by atoms with Crippen molar-refractivity contribution >= 4 is 43.9 Å². The first-order valence-electron chi connectivity index (χ1n) is 8.96. The molecule has 0 N–H and O–H groups in total. The van der Waals surface area contributed by atoms with E-state index in [1.165, 1.54) is 4.70 Å². The molecule has 8 nitrogen and oxygen atoms in total. The van der Waals surface area contributed by atoms with E-state index in [0.717, 1.165) is 28.6 Å². The molecule has 4 heterocycles. The summed E-state index contributed by atoms with van der Waals surface area (Å²) in [7, 11) is 0. The first kappa shape index (κ1) is 17.3. The van der Waals surface area contributed by atoms with Crippen molar-refractivity contribution in [2.75, 3.05) is 31.1 Å². The van der Waals surface area contributed by atoms with Gasteiger partial charge in [-0.2, -0.15) is 0 Å². The quantitative estimate of drug-likeness (QED) is 0.513. The summed E-state index contributed by atoms with van der Waals surface area (Å²) in [5.74, 6) is 0.173. The van der Waals surface area contributed by atoms with E-state index in [4.69, 9.17) is 4.98 Å². The Labute approximate surface area is 169 Å². The first-order chi connectivity index (χ1) is 13.8. The number of aromatic nitrogens is 5. The summed E-state index contributed by atoms with van der Waals surface area (Å²) in [6.07, 6.45) is 0. The van der Waals surface area contributed by atoms with Crippen LogP contribution in [0.25, 0.3) is 10.2 Å². The lowest BCUT2D eigenvalue weighted by Gasteiger charge is -2.34. The lowest BCUT2D eigenvalue weighted by Crippen LogP contribution is -2.49. The van der Waals surface area contributed by atoms with E-state index in [0.29, 0.717) is 25.5 Å². The third-order valence-electron chi connectivity index (χ3n) is 4.73. The number of thiazole rings is 1. The number of carbonyl (C=O) groups excluding carboxylic acids is 1. The van der Waals surface area contributed by atoms with E-state index in [1.54, 1.807) is 27.4 Å². The van der Waals surface area contributed by atoms with Gasteiger partial charge in [-0.3, -0.25) is 4.79 Å². The summed E-state index contributed by atoms with van der Waals surface area (Å²) in [6, 6.07) is 12.1. The highest BCUT2D eigenvalue weighted by atomic mass is 32.1. The number of benzene rings is 1. The monoisotopic (exact) mass is 411 g/mol. The lowest BCUT2D eigenvalue weighted by atomic mass is 10.3. The third kappa shape index (κ3) is 3.25. The van der Waals surface area contributed by atoms with Crippen molar-refractivity contribution in [3.05, 3.63) is 52.5 Å². The van der Waals surface area contributed by atoms with E-state index in [1.807, 2.05) is 40.6 Å². The van der Waals surface area contributed by atoms with Crippen molar-refractivity contribution < 1.29 is 4.79 Å². The van der Waals surface area contributed by atoms with Crippen LogP contribution in [0.15, 0.2) is 41.8 Å². The number of tetrazole rings is 1. The van der Waals surface area contributed by atoms with Gasteiger partial charge in [0.05, 0.1) is 16.8 Å². The maximum atomic E-state index is 12.9. The van der Waals surface area contributed by atoms with Crippen LogP contribution in [0.5, 0.6) is 0 Å². The molecule has 28 heavy (non-hydrogen) atoms. The fourth-order valence-electron chi connectivity index (χ4n) is 3.25. The van der Waals surface area contributed by atoms with Crippen molar-refractivity contribution in [3.63, 3.8) is 0 Å². The predicted octanol–water partition coefficient (Wildman–Crippen LogP) is 2.36. The first-order valence-corrected chi connectivity index (χ1v) is 10.7. The average Bonchev–Trinajstić information content (AvgIpc) is 3.48. The zero-order valence-corrected chi connectivity index (χ0v) is 16.6.